The molecule has 0 aromatic rings. The summed E-state index contributed by atoms with van der Waals surface area (Å²) in [6, 6.07) is 1.12. The first kappa shape index (κ1) is 53.9. The molecule has 0 unspecified atom stereocenters. The maximum Gasteiger partial charge on any atom is 0.200 e. The minimum Gasteiger partial charge on any atom is -0.416 e. The number of ketones is 1. The summed E-state index contributed by atoms with van der Waals surface area (Å²) in [6.07, 6.45) is 18.0. The number of carbonyl (C=O) groups is 1. The monoisotopic (exact) mass is 819 g/mol. The second-order valence-electron chi connectivity index (χ2n) is 20.4. The highest BCUT2D eigenvalue weighted by Gasteiger charge is 2.46. The zero-order valence-corrected chi connectivity index (χ0v) is 42.8. The van der Waals surface area contributed by atoms with Crippen molar-refractivity contribution in [3.63, 3.8) is 0 Å². The largest absolute Gasteiger partial charge is 0.416 e. The van der Waals surface area contributed by atoms with Gasteiger partial charge in [0.25, 0.3) is 0 Å². The van der Waals surface area contributed by atoms with Crippen LogP contribution >= 0.6 is 0 Å². The van der Waals surface area contributed by atoms with E-state index in [0.29, 0.717) is 35.8 Å². The van der Waals surface area contributed by atoms with E-state index in [4.69, 9.17) is 18.3 Å². The number of carbonyl (C=O) groups excluding carboxylic acids is 1. The fourth-order valence-electron chi connectivity index (χ4n) is 7.16. The Hall–Kier alpha value is -1.14. The third-order valence-corrected chi connectivity index (χ3v) is 23.8. The Morgan fingerprint density at radius 1 is 0.800 bits per heavy atom. The Bertz CT molecular complexity index is 1230. The highest BCUT2D eigenvalue weighted by atomic mass is 28.4. The Labute approximate surface area is 345 Å². The van der Waals surface area contributed by atoms with Gasteiger partial charge in [-0.1, -0.05) is 149 Å². The Morgan fingerprint density at radius 2 is 1.38 bits per heavy atom. The summed E-state index contributed by atoms with van der Waals surface area (Å²) in [5.74, 6) is 0.624. The SMILES string of the molecule is CC(C)=CC(=O)C/C=C/C(C)=C/[C@@H](C)[C@@H](C/C(C)=C/C=C/CC[C@@H](O[Si](C)(C)C(C)(C)C)[C@H](C)CO[Si](C(C)C)(C(C)C)C(C)C)OCOCC[Si](C)(C)C. The van der Waals surface area contributed by atoms with Crippen molar-refractivity contribution in [2.45, 2.75) is 202 Å². The lowest BCUT2D eigenvalue weighted by Crippen LogP contribution is -2.50. The van der Waals surface area contributed by atoms with Crippen molar-refractivity contribution in [3.05, 3.63) is 59.3 Å². The predicted octanol–water partition coefficient (Wildman–Crippen LogP) is 14.6. The van der Waals surface area contributed by atoms with Gasteiger partial charge in [0.05, 0.1) is 12.2 Å². The minimum absolute atomic E-state index is 0.0198. The topological polar surface area (TPSA) is 54.0 Å². The molecule has 55 heavy (non-hydrogen) atoms. The van der Waals surface area contributed by atoms with E-state index in [1.54, 1.807) is 6.08 Å². The van der Waals surface area contributed by atoms with Crippen molar-refractivity contribution >= 4 is 30.5 Å². The van der Waals surface area contributed by atoms with Gasteiger partial charge in [-0.05, 0) is 93.8 Å². The molecule has 0 aliphatic heterocycles. The van der Waals surface area contributed by atoms with Crippen LogP contribution in [0, 0.1) is 11.8 Å². The molecule has 5 nitrogen and oxygen atoms in total. The van der Waals surface area contributed by atoms with Gasteiger partial charge < -0.3 is 18.3 Å². The maximum absolute atomic E-state index is 12.1. The molecule has 0 aromatic carbocycles. The van der Waals surface area contributed by atoms with E-state index in [9.17, 15) is 4.79 Å². The lowest BCUT2D eigenvalue weighted by Gasteiger charge is -2.44. The van der Waals surface area contributed by atoms with Crippen LogP contribution in [0.5, 0.6) is 0 Å². The van der Waals surface area contributed by atoms with Gasteiger partial charge in [0.15, 0.2) is 22.4 Å². The summed E-state index contributed by atoms with van der Waals surface area (Å²) in [4.78, 5) is 12.1. The second-order valence-corrected chi connectivity index (χ2v) is 36.2. The molecule has 0 N–H and O–H groups in total. The fourth-order valence-corrected chi connectivity index (χ4v) is 14.9. The van der Waals surface area contributed by atoms with Gasteiger partial charge in [-0.3, -0.25) is 4.79 Å². The highest BCUT2D eigenvalue weighted by Crippen LogP contribution is 2.43. The van der Waals surface area contributed by atoms with Crippen LogP contribution in [0.1, 0.15) is 130 Å². The van der Waals surface area contributed by atoms with Gasteiger partial charge >= 0.3 is 0 Å². The smallest absolute Gasteiger partial charge is 0.200 e. The average molecular weight is 819 g/mol. The van der Waals surface area contributed by atoms with Gasteiger partial charge in [-0.25, -0.2) is 0 Å². The normalized spacial score (nSPS) is 16.5. The van der Waals surface area contributed by atoms with Crippen LogP contribution in [0.25, 0.3) is 0 Å². The molecule has 0 heterocycles. The molecule has 0 aliphatic rings. The Balaban J connectivity index is 5.93. The van der Waals surface area contributed by atoms with E-state index < -0.39 is 24.7 Å². The van der Waals surface area contributed by atoms with Crippen LogP contribution in [-0.2, 0) is 23.1 Å². The third-order valence-electron chi connectivity index (χ3n) is 11.5. The summed E-state index contributed by atoms with van der Waals surface area (Å²) in [6.45, 7) is 47.6. The number of hydrogen-bond acceptors (Lipinski definition) is 5. The molecule has 0 rings (SSSR count). The van der Waals surface area contributed by atoms with E-state index >= 15 is 0 Å². The lowest BCUT2D eigenvalue weighted by molar-refractivity contribution is -0.113. The van der Waals surface area contributed by atoms with Gasteiger partial charge in [-0.2, -0.15) is 0 Å². The molecule has 320 valence electrons. The van der Waals surface area contributed by atoms with Crippen LogP contribution in [0.3, 0.4) is 0 Å². The number of rotatable bonds is 27. The molecule has 0 saturated carbocycles. The molecule has 0 amide bonds. The van der Waals surface area contributed by atoms with E-state index in [-0.39, 0.29) is 28.9 Å². The first-order chi connectivity index (χ1) is 25.2. The maximum atomic E-state index is 12.1. The van der Waals surface area contributed by atoms with Gasteiger partial charge in [-0.15, -0.1) is 0 Å². The van der Waals surface area contributed by atoms with E-state index in [1.807, 2.05) is 26.0 Å². The number of hydrogen-bond donors (Lipinski definition) is 0. The molecule has 0 radical (unpaired) electrons. The Kier molecular flexibility index (Phi) is 24.8. The summed E-state index contributed by atoms with van der Waals surface area (Å²) < 4.78 is 26.6. The fraction of sp³-hybridized carbons (Fsp3) is 0.766. The van der Waals surface area contributed by atoms with Crippen LogP contribution in [-0.4, -0.2) is 62.7 Å². The highest BCUT2D eigenvalue weighted by molar-refractivity contribution is 6.77. The zero-order chi connectivity index (χ0) is 42.8. The van der Waals surface area contributed by atoms with Crippen LogP contribution in [0.2, 0.25) is 60.4 Å². The second kappa shape index (κ2) is 25.4. The van der Waals surface area contributed by atoms with Crippen molar-refractivity contribution in [2.24, 2.45) is 11.8 Å². The zero-order valence-electron chi connectivity index (χ0n) is 39.8. The van der Waals surface area contributed by atoms with Gasteiger partial charge in [0.2, 0.25) is 0 Å². The van der Waals surface area contributed by atoms with E-state index in [2.05, 4.69) is 147 Å². The molecular formula is C47H90O5Si3. The molecule has 0 fully saturated rings. The number of ether oxygens (including phenoxy) is 2. The van der Waals surface area contributed by atoms with Crippen LogP contribution in [0.15, 0.2) is 59.3 Å². The van der Waals surface area contributed by atoms with Crippen molar-refractivity contribution in [1.29, 1.82) is 0 Å². The molecule has 4 atom stereocenters. The lowest BCUT2D eigenvalue weighted by atomic mass is 9.95. The summed E-state index contributed by atoms with van der Waals surface area (Å²) in [5.41, 5.74) is 5.14. The number of allylic oxidation sites excluding steroid dienone is 8. The first-order valence-corrected chi connectivity index (χ1v) is 30.3. The Morgan fingerprint density at radius 3 is 1.89 bits per heavy atom. The van der Waals surface area contributed by atoms with Crippen molar-refractivity contribution in [2.75, 3.05) is 20.0 Å². The van der Waals surface area contributed by atoms with Crippen molar-refractivity contribution < 1.29 is 23.1 Å². The van der Waals surface area contributed by atoms with Crippen molar-refractivity contribution in [1.82, 2.24) is 0 Å². The molecular weight excluding hydrogens is 729 g/mol. The molecule has 0 saturated heterocycles. The first-order valence-electron chi connectivity index (χ1n) is 21.5. The van der Waals surface area contributed by atoms with Crippen LogP contribution < -0.4 is 0 Å². The summed E-state index contributed by atoms with van der Waals surface area (Å²) in [5, 5.41) is 0.150. The molecule has 0 spiro atoms. The predicted molar refractivity (Wildman–Crippen MR) is 250 cm³/mol. The van der Waals surface area contributed by atoms with Crippen molar-refractivity contribution in [3.8, 4) is 0 Å². The molecule has 0 aliphatic carbocycles. The molecule has 0 bridgehead atoms. The summed E-state index contributed by atoms with van der Waals surface area (Å²) >= 11 is 0. The molecule has 0 aromatic heterocycles. The quantitative estimate of drug-likeness (QED) is 0.0272. The van der Waals surface area contributed by atoms with Gasteiger partial charge in [0, 0.05) is 39.5 Å². The van der Waals surface area contributed by atoms with E-state index in [1.165, 1.54) is 5.57 Å². The standard InChI is InChI=1S/C47H90O5Si3/c1-36(2)31-44(48)27-24-26-40(9)32-42(11)46(50-35-49-29-30-53(16,17)18)33-41(10)25-22-21-23-28-45(52-54(19,20)47(13,14)15)43(12)34-51-55(37(3)4,38(5)6)39(7)8/h21-22,24-26,31-32,37-39,42-43,45-46H,23,27-30,33-35H2,1-20H3/b22-21+,26-24+,40-32+,41-25+/t42-,43-,45-,46-/m1/s1. The average Bonchev–Trinajstić information content (AvgIpc) is 3.01. The molecule has 8 heteroatoms. The third kappa shape index (κ3) is 21.4. The van der Waals surface area contributed by atoms with Gasteiger partial charge in [0.1, 0.15) is 6.79 Å². The summed E-state index contributed by atoms with van der Waals surface area (Å²) in [7, 11) is -5.10. The van der Waals surface area contributed by atoms with E-state index in [0.717, 1.165) is 49.7 Å². The minimum atomic E-state index is -1.97. The van der Waals surface area contributed by atoms with Crippen LogP contribution in [0.4, 0.5) is 0 Å².